The Kier molecular flexibility index (Phi) is 3.25. The Bertz CT molecular complexity index is 684. The summed E-state index contributed by atoms with van der Waals surface area (Å²) in [4.78, 5) is 21.5. The van der Waals surface area contributed by atoms with Crippen LogP contribution in [0.25, 0.3) is 0 Å². The summed E-state index contributed by atoms with van der Waals surface area (Å²) >= 11 is 0. The van der Waals surface area contributed by atoms with E-state index in [1.165, 1.54) is 6.07 Å². The van der Waals surface area contributed by atoms with Crippen molar-refractivity contribution in [2.24, 2.45) is 0 Å². The lowest BCUT2D eigenvalue weighted by Gasteiger charge is -2.04. The number of para-hydroxylation sites is 1. The highest BCUT2D eigenvalue weighted by Crippen LogP contribution is 2.19. The Hall–Kier alpha value is -3.14. The fraction of sp³-hybridized carbons (Fsp3) is 0. The molecule has 0 aliphatic heterocycles. The zero-order chi connectivity index (χ0) is 13.8. The maximum atomic E-state index is 11.8. The first kappa shape index (κ1) is 12.3. The van der Waals surface area contributed by atoms with Crippen LogP contribution >= 0.6 is 0 Å². The molecule has 0 aliphatic rings. The fourth-order valence-corrected chi connectivity index (χ4v) is 1.42. The summed E-state index contributed by atoms with van der Waals surface area (Å²) in [6.07, 6.45) is 0. The number of amides is 1. The summed E-state index contributed by atoms with van der Waals surface area (Å²) in [5.41, 5.74) is 0.603. The Balaban J connectivity index is 2.21. The molecule has 7 heteroatoms. The van der Waals surface area contributed by atoms with Crippen LogP contribution in [0.5, 0.6) is 0 Å². The summed E-state index contributed by atoms with van der Waals surface area (Å²) in [6, 6.07) is 10.6. The monoisotopic (exact) mass is 257 g/mol. The van der Waals surface area contributed by atoms with Gasteiger partial charge in [0, 0.05) is 0 Å². The van der Waals surface area contributed by atoms with E-state index in [4.69, 9.17) is 9.68 Å². The topological polar surface area (TPSA) is 109 Å². The van der Waals surface area contributed by atoms with E-state index in [1.807, 2.05) is 6.07 Å². The van der Waals surface area contributed by atoms with Crippen molar-refractivity contribution < 1.29 is 14.1 Å². The summed E-state index contributed by atoms with van der Waals surface area (Å²) < 4.78 is 4.76. The average Bonchev–Trinajstić information content (AvgIpc) is 2.89. The maximum absolute atomic E-state index is 11.8. The van der Waals surface area contributed by atoms with Crippen LogP contribution in [0.4, 0.5) is 11.6 Å². The number of benzene rings is 1. The van der Waals surface area contributed by atoms with Crippen molar-refractivity contribution >= 4 is 17.5 Å². The van der Waals surface area contributed by atoms with Crippen LogP contribution in [-0.2, 0) is 0 Å². The Morgan fingerprint density at radius 2 is 2.05 bits per heavy atom. The van der Waals surface area contributed by atoms with Crippen molar-refractivity contribution in [3.63, 3.8) is 0 Å². The number of anilines is 1. The van der Waals surface area contributed by atoms with E-state index in [-0.39, 0.29) is 11.3 Å². The third-order valence-electron chi connectivity index (χ3n) is 2.29. The minimum Gasteiger partial charge on any atom is -0.395 e. The minimum absolute atomic E-state index is 0.195. The average molecular weight is 257 g/mol. The fourth-order valence-electron chi connectivity index (χ4n) is 1.42. The molecule has 7 nitrogen and oxygen atoms in total. The van der Waals surface area contributed by atoms with Gasteiger partial charge in [-0.3, -0.25) is 14.9 Å². The van der Waals surface area contributed by atoms with Gasteiger partial charge in [0.1, 0.15) is 11.0 Å². The van der Waals surface area contributed by atoms with Crippen molar-refractivity contribution in [2.45, 2.75) is 0 Å². The molecule has 1 aromatic carbocycles. The smallest absolute Gasteiger partial charge is 0.395 e. The predicted molar refractivity (Wildman–Crippen MR) is 64.5 cm³/mol. The van der Waals surface area contributed by atoms with Gasteiger partial charge in [0.2, 0.25) is 0 Å². The third kappa shape index (κ3) is 2.58. The normalized spacial score (nSPS) is 9.63. The number of nitriles is 1. The first-order valence-corrected chi connectivity index (χ1v) is 5.16. The predicted octanol–water partition coefficient (Wildman–Crippen LogP) is 2.31. The van der Waals surface area contributed by atoms with Gasteiger partial charge in [-0.2, -0.15) is 5.26 Å². The number of nitro groups is 1. The van der Waals surface area contributed by atoms with Crippen molar-refractivity contribution in [1.82, 2.24) is 0 Å². The molecule has 2 rings (SSSR count). The molecule has 94 valence electrons. The standard InChI is InChI=1S/C12H7N3O4/c13-7-8-3-1-2-4-9(8)14-12(16)10-5-6-11(19-10)15(17)18/h1-6H,(H,14,16). The second-order valence-electron chi connectivity index (χ2n) is 3.51. The molecule has 0 spiro atoms. The van der Waals surface area contributed by atoms with E-state index in [0.717, 1.165) is 6.07 Å². The quantitative estimate of drug-likeness (QED) is 0.670. The zero-order valence-electron chi connectivity index (χ0n) is 9.49. The molecule has 1 amide bonds. The molecule has 1 aromatic heterocycles. The molecule has 0 saturated carbocycles. The Morgan fingerprint density at radius 3 is 2.68 bits per heavy atom. The van der Waals surface area contributed by atoms with Gasteiger partial charge >= 0.3 is 5.88 Å². The molecule has 1 N–H and O–H groups in total. The molecule has 0 fully saturated rings. The highest BCUT2D eigenvalue weighted by atomic mass is 16.6. The number of rotatable bonds is 3. The van der Waals surface area contributed by atoms with Crippen LogP contribution in [0.3, 0.4) is 0 Å². The van der Waals surface area contributed by atoms with Crippen molar-refractivity contribution in [1.29, 1.82) is 5.26 Å². The molecule has 0 radical (unpaired) electrons. The SMILES string of the molecule is N#Cc1ccccc1NC(=O)c1ccc([N+](=O)[O-])o1. The molecule has 2 aromatic rings. The van der Waals surface area contributed by atoms with Gasteiger partial charge in [-0.15, -0.1) is 0 Å². The van der Waals surface area contributed by atoms with E-state index in [9.17, 15) is 14.9 Å². The van der Waals surface area contributed by atoms with E-state index >= 15 is 0 Å². The third-order valence-corrected chi connectivity index (χ3v) is 2.29. The lowest BCUT2D eigenvalue weighted by atomic mass is 10.2. The molecule has 0 unspecified atom stereocenters. The molecule has 19 heavy (non-hydrogen) atoms. The van der Waals surface area contributed by atoms with E-state index in [1.54, 1.807) is 24.3 Å². The van der Waals surface area contributed by atoms with Crippen molar-refractivity contribution in [2.75, 3.05) is 5.32 Å². The summed E-state index contributed by atoms with van der Waals surface area (Å²) in [6.45, 7) is 0. The van der Waals surface area contributed by atoms with Crippen LogP contribution < -0.4 is 5.32 Å². The molecular formula is C12H7N3O4. The summed E-state index contributed by atoms with van der Waals surface area (Å²) in [5.74, 6) is -1.37. The first-order valence-electron chi connectivity index (χ1n) is 5.16. The first-order chi connectivity index (χ1) is 9.11. The lowest BCUT2D eigenvalue weighted by molar-refractivity contribution is -0.402. The van der Waals surface area contributed by atoms with Crippen molar-refractivity contribution in [3.05, 3.63) is 57.8 Å². The van der Waals surface area contributed by atoms with Gasteiger partial charge in [0.05, 0.1) is 17.3 Å². The summed E-state index contributed by atoms with van der Waals surface area (Å²) in [5, 5.41) is 21.7. The lowest BCUT2D eigenvalue weighted by Crippen LogP contribution is -2.11. The van der Waals surface area contributed by atoms with Gasteiger partial charge in [-0.05, 0) is 18.2 Å². The van der Waals surface area contributed by atoms with E-state index < -0.39 is 16.7 Å². The second-order valence-corrected chi connectivity index (χ2v) is 3.51. The van der Waals surface area contributed by atoms with Crippen LogP contribution in [0.1, 0.15) is 16.1 Å². The largest absolute Gasteiger partial charge is 0.433 e. The number of carbonyl (C=O) groups is 1. The van der Waals surface area contributed by atoms with E-state index in [0.29, 0.717) is 5.69 Å². The summed E-state index contributed by atoms with van der Waals surface area (Å²) in [7, 11) is 0. The minimum atomic E-state index is -0.736. The van der Waals surface area contributed by atoms with E-state index in [2.05, 4.69) is 5.32 Å². The highest BCUT2D eigenvalue weighted by Gasteiger charge is 2.17. The molecule has 1 heterocycles. The number of nitrogens with zero attached hydrogens (tertiary/aromatic N) is 2. The van der Waals surface area contributed by atoms with Gasteiger partial charge in [-0.25, -0.2) is 0 Å². The number of hydrogen-bond acceptors (Lipinski definition) is 5. The second kappa shape index (κ2) is 5.01. The molecule has 0 saturated heterocycles. The Morgan fingerprint density at radius 1 is 1.32 bits per heavy atom. The molecular weight excluding hydrogens is 250 g/mol. The van der Waals surface area contributed by atoms with Gasteiger partial charge in [0.25, 0.3) is 5.91 Å². The number of furan rings is 1. The maximum Gasteiger partial charge on any atom is 0.433 e. The molecule has 0 aliphatic carbocycles. The number of nitrogens with one attached hydrogen (secondary N) is 1. The Labute approximate surface area is 107 Å². The van der Waals surface area contributed by atoms with Crippen LogP contribution in [-0.4, -0.2) is 10.8 Å². The van der Waals surface area contributed by atoms with Crippen LogP contribution in [0, 0.1) is 21.4 Å². The zero-order valence-corrected chi connectivity index (χ0v) is 9.49. The highest BCUT2D eigenvalue weighted by molar-refractivity contribution is 6.03. The van der Waals surface area contributed by atoms with Crippen LogP contribution in [0.2, 0.25) is 0 Å². The van der Waals surface area contributed by atoms with Crippen LogP contribution in [0.15, 0.2) is 40.8 Å². The molecule has 0 bridgehead atoms. The van der Waals surface area contributed by atoms with Gasteiger partial charge in [-0.1, -0.05) is 12.1 Å². The number of carbonyl (C=O) groups excluding carboxylic acids is 1. The number of hydrogen-bond donors (Lipinski definition) is 1. The molecule has 0 atom stereocenters. The van der Waals surface area contributed by atoms with Gasteiger partial charge < -0.3 is 9.73 Å². The van der Waals surface area contributed by atoms with Gasteiger partial charge in [0.15, 0.2) is 5.76 Å². The van der Waals surface area contributed by atoms with Crippen molar-refractivity contribution in [3.8, 4) is 6.07 Å².